The lowest BCUT2D eigenvalue weighted by molar-refractivity contribution is -0.115. The van der Waals surface area contributed by atoms with Gasteiger partial charge < -0.3 is 5.32 Å². The summed E-state index contributed by atoms with van der Waals surface area (Å²) in [5, 5.41) is 11.4. The lowest BCUT2D eigenvalue weighted by Crippen LogP contribution is -2.33. The minimum absolute atomic E-state index is 0.116. The van der Waals surface area contributed by atoms with E-state index >= 15 is 0 Å². The Morgan fingerprint density at radius 1 is 1.12 bits per heavy atom. The van der Waals surface area contributed by atoms with Gasteiger partial charge in [0.15, 0.2) is 0 Å². The van der Waals surface area contributed by atoms with Crippen LogP contribution in [0.25, 0.3) is 0 Å². The number of carbonyl (C=O) groups excluding carboxylic acids is 1. The Bertz CT molecular complexity index is 915. The molecule has 0 radical (unpaired) electrons. The topological polar surface area (TPSA) is 99.1 Å². The van der Waals surface area contributed by atoms with Crippen LogP contribution in [-0.4, -0.2) is 20.9 Å². The smallest absolute Gasteiger partial charge is 0.241 e. The van der Waals surface area contributed by atoms with Gasteiger partial charge in [0.25, 0.3) is 0 Å². The van der Waals surface area contributed by atoms with E-state index in [-0.39, 0.29) is 4.90 Å². The van der Waals surface area contributed by atoms with Crippen molar-refractivity contribution in [1.82, 2.24) is 4.72 Å². The molecule has 0 aliphatic carbocycles. The summed E-state index contributed by atoms with van der Waals surface area (Å²) in [6.07, 6.45) is 0. The van der Waals surface area contributed by atoms with Gasteiger partial charge in [-0.05, 0) is 55.3 Å². The molecule has 0 heterocycles. The monoisotopic (exact) mass is 343 g/mol. The fourth-order valence-electron chi connectivity index (χ4n) is 2.00. The number of nitriles is 1. The Morgan fingerprint density at radius 2 is 1.88 bits per heavy atom. The summed E-state index contributed by atoms with van der Waals surface area (Å²) in [7, 11) is -3.76. The van der Waals surface area contributed by atoms with Gasteiger partial charge in [0.05, 0.1) is 23.1 Å². The van der Waals surface area contributed by atoms with Crippen molar-refractivity contribution in [2.45, 2.75) is 18.7 Å². The number of nitrogens with one attached hydrogen (secondary N) is 2. The van der Waals surface area contributed by atoms with Gasteiger partial charge in [-0.15, -0.1) is 0 Å². The third kappa shape index (κ3) is 4.41. The third-order valence-corrected chi connectivity index (χ3v) is 4.89. The number of benzene rings is 2. The Hall–Kier alpha value is -2.69. The first kappa shape index (κ1) is 17.7. The number of aryl methyl sites for hydroxylation is 2. The highest BCUT2D eigenvalue weighted by molar-refractivity contribution is 7.89. The van der Waals surface area contributed by atoms with Gasteiger partial charge in [0.1, 0.15) is 0 Å². The molecule has 7 heteroatoms. The lowest BCUT2D eigenvalue weighted by Gasteiger charge is -2.09. The van der Waals surface area contributed by atoms with Crippen LogP contribution < -0.4 is 10.0 Å². The molecule has 2 aromatic rings. The molecule has 2 rings (SSSR count). The molecule has 0 spiro atoms. The van der Waals surface area contributed by atoms with Gasteiger partial charge in [0, 0.05) is 5.69 Å². The van der Waals surface area contributed by atoms with Gasteiger partial charge in [-0.25, -0.2) is 13.1 Å². The number of hydrogen-bond donors (Lipinski definition) is 2. The molecule has 2 aromatic carbocycles. The van der Waals surface area contributed by atoms with Crippen molar-refractivity contribution in [1.29, 1.82) is 5.26 Å². The van der Waals surface area contributed by atoms with Crippen molar-refractivity contribution in [2.75, 3.05) is 11.9 Å². The Labute approximate surface area is 141 Å². The normalized spacial score (nSPS) is 10.9. The van der Waals surface area contributed by atoms with Gasteiger partial charge in [-0.3, -0.25) is 4.79 Å². The largest absolute Gasteiger partial charge is 0.325 e. The highest BCUT2D eigenvalue weighted by atomic mass is 32.2. The van der Waals surface area contributed by atoms with E-state index in [1.807, 2.05) is 19.9 Å². The van der Waals surface area contributed by atoms with E-state index in [4.69, 9.17) is 5.26 Å². The summed E-state index contributed by atoms with van der Waals surface area (Å²) in [5.41, 5.74) is 2.69. The zero-order valence-corrected chi connectivity index (χ0v) is 14.1. The molecule has 0 aliphatic heterocycles. The number of anilines is 1. The van der Waals surface area contributed by atoms with Crippen molar-refractivity contribution in [3.8, 4) is 6.07 Å². The first-order valence-corrected chi connectivity index (χ1v) is 8.67. The predicted molar refractivity (Wildman–Crippen MR) is 90.9 cm³/mol. The summed E-state index contributed by atoms with van der Waals surface area (Å²) in [5.74, 6) is -0.516. The zero-order valence-electron chi connectivity index (χ0n) is 13.3. The molecule has 1 amide bonds. The van der Waals surface area contributed by atoms with E-state index in [0.29, 0.717) is 11.3 Å². The number of nitrogens with zero attached hydrogens (tertiary/aromatic N) is 1. The van der Waals surface area contributed by atoms with E-state index in [1.165, 1.54) is 12.1 Å². The number of rotatable bonds is 5. The number of sulfonamides is 1. The summed E-state index contributed by atoms with van der Waals surface area (Å²) in [4.78, 5) is 12.0. The molecule has 0 fully saturated rings. The SMILES string of the molecule is Cc1ccc(S(=O)(=O)NCC(=O)Nc2cccc(C#N)c2)cc1C. The lowest BCUT2D eigenvalue weighted by atomic mass is 10.1. The average molecular weight is 343 g/mol. The summed E-state index contributed by atoms with van der Waals surface area (Å²) in [6.45, 7) is 3.32. The van der Waals surface area contributed by atoms with Crippen LogP contribution in [0, 0.1) is 25.2 Å². The molecule has 6 nitrogen and oxygen atoms in total. The van der Waals surface area contributed by atoms with Crippen LogP contribution in [0.5, 0.6) is 0 Å². The second-order valence-corrected chi connectivity index (χ2v) is 7.08. The number of hydrogen-bond acceptors (Lipinski definition) is 4. The molecule has 0 bridgehead atoms. The molecule has 24 heavy (non-hydrogen) atoms. The van der Waals surface area contributed by atoms with Crippen LogP contribution in [0.4, 0.5) is 5.69 Å². The summed E-state index contributed by atoms with van der Waals surface area (Å²) in [6, 6.07) is 13.1. The van der Waals surface area contributed by atoms with E-state index in [2.05, 4.69) is 10.0 Å². The molecule has 124 valence electrons. The molecule has 0 atom stereocenters. The summed E-state index contributed by atoms with van der Waals surface area (Å²) < 4.78 is 26.7. The van der Waals surface area contributed by atoms with Crippen LogP contribution in [0.15, 0.2) is 47.4 Å². The quantitative estimate of drug-likeness (QED) is 0.868. The average Bonchev–Trinajstić information content (AvgIpc) is 2.55. The maximum Gasteiger partial charge on any atom is 0.241 e. The Balaban J connectivity index is 2.02. The van der Waals surface area contributed by atoms with E-state index in [9.17, 15) is 13.2 Å². The fraction of sp³-hybridized carbons (Fsp3) is 0.176. The maximum atomic E-state index is 12.2. The highest BCUT2D eigenvalue weighted by Gasteiger charge is 2.16. The van der Waals surface area contributed by atoms with E-state index < -0.39 is 22.5 Å². The van der Waals surface area contributed by atoms with Crippen LogP contribution in [0.3, 0.4) is 0 Å². The second-order valence-electron chi connectivity index (χ2n) is 5.31. The van der Waals surface area contributed by atoms with Crippen molar-refractivity contribution >= 4 is 21.6 Å². The Morgan fingerprint density at radius 3 is 2.54 bits per heavy atom. The first-order chi connectivity index (χ1) is 11.3. The van der Waals surface area contributed by atoms with Gasteiger partial charge in [-0.2, -0.15) is 5.26 Å². The molecule has 0 aromatic heterocycles. The molecule has 0 saturated carbocycles. The Kier molecular flexibility index (Phi) is 5.34. The highest BCUT2D eigenvalue weighted by Crippen LogP contribution is 2.14. The molecule has 2 N–H and O–H groups in total. The molecule has 0 aliphatic rings. The van der Waals surface area contributed by atoms with Crippen molar-refractivity contribution < 1.29 is 13.2 Å². The minimum Gasteiger partial charge on any atom is -0.325 e. The standard InChI is InChI=1S/C17H17N3O3S/c1-12-6-7-16(8-13(12)2)24(22,23)19-11-17(21)20-15-5-3-4-14(9-15)10-18/h3-9,19H,11H2,1-2H3,(H,20,21). The van der Waals surface area contributed by atoms with Gasteiger partial charge in [0.2, 0.25) is 15.9 Å². The fourth-order valence-corrected chi connectivity index (χ4v) is 3.06. The van der Waals surface area contributed by atoms with Crippen molar-refractivity contribution in [3.05, 3.63) is 59.2 Å². The summed E-state index contributed by atoms with van der Waals surface area (Å²) >= 11 is 0. The van der Waals surface area contributed by atoms with Gasteiger partial charge in [-0.1, -0.05) is 12.1 Å². The number of carbonyl (C=O) groups is 1. The zero-order chi connectivity index (χ0) is 17.7. The predicted octanol–water partition coefficient (Wildman–Crippen LogP) is 2.09. The minimum atomic E-state index is -3.76. The van der Waals surface area contributed by atoms with Crippen LogP contribution in [0.2, 0.25) is 0 Å². The molecular weight excluding hydrogens is 326 g/mol. The van der Waals surface area contributed by atoms with Crippen LogP contribution in [-0.2, 0) is 14.8 Å². The van der Waals surface area contributed by atoms with Crippen LogP contribution >= 0.6 is 0 Å². The molecule has 0 saturated heterocycles. The number of amides is 1. The second kappa shape index (κ2) is 7.25. The van der Waals surface area contributed by atoms with Gasteiger partial charge >= 0.3 is 0 Å². The van der Waals surface area contributed by atoms with Crippen molar-refractivity contribution in [2.24, 2.45) is 0 Å². The van der Waals surface area contributed by atoms with E-state index in [0.717, 1.165) is 11.1 Å². The van der Waals surface area contributed by atoms with Crippen molar-refractivity contribution in [3.63, 3.8) is 0 Å². The maximum absolute atomic E-state index is 12.2. The molecular formula is C17H17N3O3S. The third-order valence-electron chi connectivity index (χ3n) is 3.49. The van der Waals surface area contributed by atoms with E-state index in [1.54, 1.807) is 30.3 Å². The molecule has 0 unspecified atom stereocenters. The first-order valence-electron chi connectivity index (χ1n) is 7.19. The van der Waals surface area contributed by atoms with Crippen LogP contribution in [0.1, 0.15) is 16.7 Å².